The number of rotatable bonds is 10. The van der Waals surface area contributed by atoms with Gasteiger partial charge in [0, 0.05) is 48.7 Å². The number of amides is 1. The molecular formula is C36H32F8N8O4S. The van der Waals surface area contributed by atoms with Crippen LogP contribution in [-0.2, 0) is 46.7 Å². The highest BCUT2D eigenvalue weighted by molar-refractivity contribution is 7.92. The van der Waals surface area contributed by atoms with Crippen LogP contribution < -0.4 is 10.0 Å². The molecule has 3 N–H and O–H groups in total. The van der Waals surface area contributed by atoms with Crippen molar-refractivity contribution in [3.63, 3.8) is 0 Å². The SMILES string of the molecule is Cn1nc(NS(C)(=O)=O)c2cccc(-c3cnc(C#CC(C)(C)O)nc3[C@H](Cc3cc(F)cc(F)c3)NC(=O)Cn3nc(C(F)F)c4c3C(F)(F)CCC4(F)F)c21. The smallest absolute Gasteiger partial charge is 0.290 e. The Morgan fingerprint density at radius 3 is 2.32 bits per heavy atom. The number of fused-ring (bicyclic) bond motifs is 2. The zero-order chi connectivity index (χ0) is 41.8. The van der Waals surface area contributed by atoms with E-state index in [1.165, 1.54) is 37.8 Å². The van der Waals surface area contributed by atoms with Gasteiger partial charge in [0.15, 0.2) is 5.82 Å². The quantitative estimate of drug-likeness (QED) is 0.114. The van der Waals surface area contributed by atoms with E-state index < -0.39 is 100 Å². The minimum absolute atomic E-state index is 0.0554. The Bertz CT molecular complexity index is 2560. The number of carbonyl (C=O) groups is 1. The molecule has 12 nitrogen and oxygen atoms in total. The van der Waals surface area contributed by atoms with Gasteiger partial charge in [-0.2, -0.15) is 19.0 Å². The maximum atomic E-state index is 15.2. The van der Waals surface area contributed by atoms with Gasteiger partial charge >= 0.3 is 0 Å². The molecule has 0 radical (unpaired) electrons. The van der Waals surface area contributed by atoms with Crippen LogP contribution >= 0.6 is 0 Å². The van der Waals surface area contributed by atoms with E-state index in [0.717, 1.165) is 18.4 Å². The van der Waals surface area contributed by atoms with Gasteiger partial charge in [-0.15, -0.1) is 0 Å². The zero-order valence-corrected chi connectivity index (χ0v) is 31.1. The number of hydrogen-bond donors (Lipinski definition) is 3. The summed E-state index contributed by atoms with van der Waals surface area (Å²) in [5.74, 6) is -6.61. The molecule has 1 atom stereocenters. The monoisotopic (exact) mass is 824 g/mol. The summed E-state index contributed by atoms with van der Waals surface area (Å²) in [6.45, 7) is 1.46. The van der Waals surface area contributed by atoms with Crippen LogP contribution in [0.5, 0.6) is 0 Å². The standard InChI is InChI=1S/C36H32F8N8O4S/c1-34(2,54)9-8-25-45-16-23(21-6-5-7-22-30(21)51(3)49-33(22)50-57(4,55)56)28(47-25)24(14-18-12-19(37)15-20(38)13-18)46-26(53)17-52-31-27(29(48-52)32(39)40)35(41,42)10-11-36(31,43)44/h5-7,12-13,15-16,24,32,54H,10-11,14,17H2,1-4H3,(H,46,53)(H,49,50)/t24-/m0/s1. The fourth-order valence-electron chi connectivity index (χ4n) is 6.54. The Hall–Kier alpha value is -5.62. The van der Waals surface area contributed by atoms with Crippen molar-refractivity contribution in [3.8, 4) is 23.0 Å². The number of sulfonamides is 1. The summed E-state index contributed by atoms with van der Waals surface area (Å²) in [6, 6.07) is 5.61. The van der Waals surface area contributed by atoms with Gasteiger partial charge in [0.05, 0.1) is 29.1 Å². The number of nitrogens with zero attached hydrogens (tertiary/aromatic N) is 6. The molecule has 3 aromatic heterocycles. The molecular weight excluding hydrogens is 792 g/mol. The van der Waals surface area contributed by atoms with Crippen LogP contribution in [0.25, 0.3) is 22.0 Å². The van der Waals surface area contributed by atoms with Crippen LogP contribution in [0.1, 0.15) is 73.2 Å². The fourth-order valence-corrected chi connectivity index (χ4v) is 7.04. The molecule has 0 unspecified atom stereocenters. The van der Waals surface area contributed by atoms with Crippen molar-refractivity contribution in [1.29, 1.82) is 0 Å². The average molecular weight is 825 g/mol. The molecule has 0 saturated carbocycles. The first-order valence-electron chi connectivity index (χ1n) is 16.9. The minimum atomic E-state index is -4.11. The largest absolute Gasteiger partial charge is 0.378 e. The Kier molecular flexibility index (Phi) is 10.6. The molecule has 2 aromatic carbocycles. The molecule has 1 aliphatic carbocycles. The van der Waals surface area contributed by atoms with E-state index in [-0.39, 0.29) is 38.7 Å². The first-order valence-corrected chi connectivity index (χ1v) is 18.8. The number of benzene rings is 2. The van der Waals surface area contributed by atoms with Crippen LogP contribution in [0.2, 0.25) is 0 Å². The Morgan fingerprint density at radius 2 is 1.68 bits per heavy atom. The van der Waals surface area contributed by atoms with Crippen molar-refractivity contribution in [2.75, 3.05) is 11.0 Å². The van der Waals surface area contributed by atoms with Crippen molar-refractivity contribution in [1.82, 2.24) is 34.8 Å². The molecule has 0 spiro atoms. The third-order valence-corrected chi connectivity index (χ3v) is 9.27. The number of alkyl halides is 6. The Morgan fingerprint density at radius 1 is 1.02 bits per heavy atom. The molecule has 5 aromatic rings. The molecule has 0 saturated heterocycles. The van der Waals surface area contributed by atoms with E-state index in [1.807, 2.05) is 0 Å². The molecule has 0 bridgehead atoms. The minimum Gasteiger partial charge on any atom is -0.378 e. The van der Waals surface area contributed by atoms with Crippen LogP contribution in [0, 0.1) is 23.5 Å². The number of aliphatic hydroxyl groups is 1. The van der Waals surface area contributed by atoms with Gasteiger partial charge in [0.25, 0.3) is 18.3 Å². The molecule has 21 heteroatoms. The van der Waals surface area contributed by atoms with Gasteiger partial charge in [-0.3, -0.25) is 18.9 Å². The summed E-state index contributed by atoms with van der Waals surface area (Å²) in [6.07, 6.45) is -4.86. The molecule has 3 heterocycles. The number of para-hydroxylation sites is 1. The zero-order valence-electron chi connectivity index (χ0n) is 30.3. The molecule has 1 amide bonds. The van der Waals surface area contributed by atoms with E-state index in [4.69, 9.17) is 0 Å². The van der Waals surface area contributed by atoms with Crippen LogP contribution in [0.3, 0.4) is 0 Å². The highest BCUT2D eigenvalue weighted by Crippen LogP contribution is 2.52. The van der Waals surface area contributed by atoms with Gasteiger partial charge in [0.2, 0.25) is 21.8 Å². The number of aryl methyl sites for hydroxylation is 1. The van der Waals surface area contributed by atoms with Crippen molar-refractivity contribution in [2.24, 2.45) is 7.05 Å². The first kappa shape index (κ1) is 41.0. The van der Waals surface area contributed by atoms with E-state index in [0.29, 0.717) is 17.0 Å². The number of anilines is 1. The van der Waals surface area contributed by atoms with Gasteiger partial charge in [-0.05, 0) is 50.0 Å². The normalized spacial score (nSPS) is 15.5. The second-order valence-electron chi connectivity index (χ2n) is 13.9. The Labute approximate surface area is 319 Å². The summed E-state index contributed by atoms with van der Waals surface area (Å²) < 4.78 is 145. The average Bonchev–Trinajstić information content (AvgIpc) is 3.63. The van der Waals surface area contributed by atoms with Gasteiger partial charge in [-0.1, -0.05) is 18.1 Å². The third kappa shape index (κ3) is 8.86. The number of nitrogens with one attached hydrogen (secondary N) is 2. The summed E-state index contributed by atoms with van der Waals surface area (Å²) in [5, 5.41) is 20.6. The highest BCUT2D eigenvalue weighted by atomic mass is 32.2. The van der Waals surface area contributed by atoms with Crippen molar-refractivity contribution < 1.29 is 53.4 Å². The summed E-state index contributed by atoms with van der Waals surface area (Å²) in [4.78, 5) is 22.6. The third-order valence-electron chi connectivity index (χ3n) is 8.71. The van der Waals surface area contributed by atoms with Crippen LogP contribution in [0.4, 0.5) is 40.9 Å². The number of carbonyl (C=O) groups excluding carboxylic acids is 1. The summed E-state index contributed by atoms with van der Waals surface area (Å²) >= 11 is 0. The predicted molar refractivity (Wildman–Crippen MR) is 189 cm³/mol. The van der Waals surface area contributed by atoms with E-state index >= 15 is 8.78 Å². The number of halogens is 8. The van der Waals surface area contributed by atoms with E-state index in [2.05, 4.69) is 42.0 Å². The summed E-state index contributed by atoms with van der Waals surface area (Å²) in [7, 11) is -2.32. The maximum Gasteiger partial charge on any atom is 0.290 e. The van der Waals surface area contributed by atoms with Gasteiger partial charge in [-0.25, -0.2) is 44.7 Å². The van der Waals surface area contributed by atoms with Crippen molar-refractivity contribution >= 4 is 32.7 Å². The highest BCUT2D eigenvalue weighted by Gasteiger charge is 2.55. The number of aromatic nitrogens is 6. The first-order chi connectivity index (χ1) is 26.4. The van der Waals surface area contributed by atoms with Gasteiger partial charge < -0.3 is 10.4 Å². The molecule has 302 valence electrons. The molecule has 6 rings (SSSR count). The van der Waals surface area contributed by atoms with Crippen LogP contribution in [-0.4, -0.2) is 60.8 Å². The maximum absolute atomic E-state index is 15.2. The lowest BCUT2D eigenvalue weighted by molar-refractivity contribution is -0.123. The fraction of sp³-hybridized carbons (Fsp3) is 0.361. The lowest BCUT2D eigenvalue weighted by atomic mass is 9.89. The van der Waals surface area contributed by atoms with E-state index in [9.17, 15) is 44.7 Å². The number of hydrogen-bond acceptors (Lipinski definition) is 8. The molecule has 0 aliphatic heterocycles. The summed E-state index contributed by atoms with van der Waals surface area (Å²) in [5.41, 5.74) is -5.89. The topological polar surface area (TPSA) is 157 Å². The van der Waals surface area contributed by atoms with Gasteiger partial charge in [0.1, 0.15) is 35.2 Å². The molecule has 1 aliphatic rings. The lowest BCUT2D eigenvalue weighted by Crippen LogP contribution is -2.37. The Balaban J connectivity index is 1.53. The second kappa shape index (κ2) is 14.7. The predicted octanol–water partition coefficient (Wildman–Crippen LogP) is 6.01. The van der Waals surface area contributed by atoms with Crippen molar-refractivity contribution in [3.05, 3.63) is 88.3 Å². The second-order valence-corrected chi connectivity index (χ2v) is 15.7. The van der Waals surface area contributed by atoms with Crippen LogP contribution in [0.15, 0.2) is 42.6 Å². The molecule has 57 heavy (non-hydrogen) atoms. The molecule has 0 fully saturated rings. The van der Waals surface area contributed by atoms with Crippen molar-refractivity contribution in [2.45, 2.75) is 69.6 Å². The van der Waals surface area contributed by atoms with E-state index in [1.54, 1.807) is 12.1 Å². The lowest BCUT2D eigenvalue weighted by Gasteiger charge is -2.29.